The summed E-state index contributed by atoms with van der Waals surface area (Å²) in [7, 11) is -2.76. The van der Waals surface area contributed by atoms with Crippen LogP contribution in [0.2, 0.25) is 10.0 Å². The van der Waals surface area contributed by atoms with E-state index in [4.69, 9.17) is 38.4 Å². The van der Waals surface area contributed by atoms with E-state index in [1.54, 1.807) is 12.1 Å². The van der Waals surface area contributed by atoms with Crippen LogP contribution in [0, 0.1) is 0 Å². The van der Waals surface area contributed by atoms with E-state index in [0.717, 1.165) is 5.56 Å². The van der Waals surface area contributed by atoms with E-state index in [2.05, 4.69) is 14.7 Å². The number of hydrogen-bond acceptors (Lipinski definition) is 7. The van der Waals surface area contributed by atoms with E-state index < -0.39 is 10.0 Å². The zero-order chi connectivity index (χ0) is 21.9. The van der Waals surface area contributed by atoms with E-state index in [1.807, 2.05) is 19.1 Å². The number of nitrogens with zero attached hydrogens (tertiary/aromatic N) is 2. The highest BCUT2D eigenvalue weighted by molar-refractivity contribution is 7.92. The summed E-state index contributed by atoms with van der Waals surface area (Å²) < 4.78 is 38.5. The standard InChI is InChI=1S/C19H18Cl2N4O4S/c1-11(22)12-6-8-13(9-7-12)29-16-10-23-18(19(24-16)28-2)25-30(26,27)15-5-3-4-14(20)17(15)21/h3-11H,22H2,1-2H3,(H,23,25)/t11-/m1/s1. The van der Waals surface area contributed by atoms with Crippen molar-refractivity contribution >= 4 is 39.0 Å². The number of anilines is 1. The number of methoxy groups -OCH3 is 1. The molecule has 0 spiro atoms. The Labute approximate surface area is 184 Å². The Balaban J connectivity index is 1.84. The maximum absolute atomic E-state index is 12.7. The number of aromatic nitrogens is 2. The van der Waals surface area contributed by atoms with E-state index in [1.165, 1.54) is 31.5 Å². The summed E-state index contributed by atoms with van der Waals surface area (Å²) in [6, 6.07) is 11.3. The minimum absolute atomic E-state index is 0.0820. The SMILES string of the molecule is COc1nc(Oc2ccc([C@@H](C)N)cc2)cnc1NS(=O)(=O)c1cccc(Cl)c1Cl. The summed E-state index contributed by atoms with van der Waals surface area (Å²) in [4.78, 5) is 8.00. The van der Waals surface area contributed by atoms with Crippen LogP contribution >= 0.6 is 23.2 Å². The quantitative estimate of drug-likeness (QED) is 0.527. The van der Waals surface area contributed by atoms with Crippen LogP contribution in [-0.4, -0.2) is 25.5 Å². The molecule has 0 aliphatic carbocycles. The zero-order valence-electron chi connectivity index (χ0n) is 16.0. The van der Waals surface area contributed by atoms with Gasteiger partial charge in [0.15, 0.2) is 0 Å². The van der Waals surface area contributed by atoms with Gasteiger partial charge >= 0.3 is 0 Å². The predicted octanol–water partition coefficient (Wildman–Crippen LogP) is 4.40. The van der Waals surface area contributed by atoms with Gasteiger partial charge in [-0.05, 0) is 36.8 Å². The molecule has 0 saturated heterocycles. The second kappa shape index (κ2) is 9.05. The maximum atomic E-state index is 12.7. The van der Waals surface area contributed by atoms with Gasteiger partial charge in [0.2, 0.25) is 11.7 Å². The molecule has 3 aromatic rings. The van der Waals surface area contributed by atoms with Gasteiger partial charge in [-0.2, -0.15) is 4.98 Å². The fraction of sp³-hybridized carbons (Fsp3) is 0.158. The lowest BCUT2D eigenvalue weighted by Crippen LogP contribution is -2.15. The normalized spacial score (nSPS) is 12.3. The van der Waals surface area contributed by atoms with Gasteiger partial charge in [0.1, 0.15) is 10.6 Å². The van der Waals surface area contributed by atoms with Crippen molar-refractivity contribution in [3.8, 4) is 17.5 Å². The third kappa shape index (κ3) is 4.93. The third-order valence-electron chi connectivity index (χ3n) is 3.98. The molecule has 8 nitrogen and oxygen atoms in total. The highest BCUT2D eigenvalue weighted by Gasteiger charge is 2.23. The van der Waals surface area contributed by atoms with Gasteiger partial charge in [-0.15, -0.1) is 0 Å². The Hall–Kier alpha value is -2.59. The van der Waals surface area contributed by atoms with E-state index in [9.17, 15) is 8.42 Å². The van der Waals surface area contributed by atoms with Crippen molar-refractivity contribution in [2.24, 2.45) is 5.73 Å². The Bertz CT molecular complexity index is 1160. The van der Waals surface area contributed by atoms with Gasteiger partial charge < -0.3 is 15.2 Å². The lowest BCUT2D eigenvalue weighted by atomic mass is 10.1. The average Bonchev–Trinajstić information content (AvgIpc) is 2.71. The van der Waals surface area contributed by atoms with E-state index in [0.29, 0.717) is 5.75 Å². The van der Waals surface area contributed by atoms with Crippen molar-refractivity contribution in [1.29, 1.82) is 0 Å². The zero-order valence-corrected chi connectivity index (χ0v) is 18.3. The number of hydrogen-bond donors (Lipinski definition) is 2. The van der Waals surface area contributed by atoms with Crippen molar-refractivity contribution in [3.05, 3.63) is 64.3 Å². The van der Waals surface area contributed by atoms with Gasteiger partial charge in [0.05, 0.1) is 23.4 Å². The molecule has 11 heteroatoms. The van der Waals surface area contributed by atoms with Crippen LogP contribution in [0.3, 0.4) is 0 Å². The molecule has 3 rings (SSSR count). The molecule has 0 fully saturated rings. The van der Waals surface area contributed by atoms with Crippen molar-refractivity contribution in [3.63, 3.8) is 0 Å². The molecule has 3 N–H and O–H groups in total. The van der Waals surface area contributed by atoms with Crippen LogP contribution in [-0.2, 0) is 10.0 Å². The van der Waals surface area contributed by atoms with Crippen molar-refractivity contribution < 1.29 is 17.9 Å². The van der Waals surface area contributed by atoms with Gasteiger partial charge in [0.25, 0.3) is 15.9 Å². The summed E-state index contributed by atoms with van der Waals surface area (Å²) in [5.74, 6) is 0.411. The molecule has 2 aromatic carbocycles. The molecule has 0 unspecified atom stereocenters. The fourth-order valence-corrected chi connectivity index (χ4v) is 4.22. The van der Waals surface area contributed by atoms with Gasteiger partial charge in [-0.1, -0.05) is 41.4 Å². The predicted molar refractivity (Wildman–Crippen MR) is 115 cm³/mol. The van der Waals surface area contributed by atoms with Gasteiger partial charge in [-0.25, -0.2) is 13.4 Å². The number of ether oxygens (including phenoxy) is 2. The topological polar surface area (TPSA) is 116 Å². The molecule has 0 amide bonds. The Morgan fingerprint density at radius 2 is 1.83 bits per heavy atom. The van der Waals surface area contributed by atoms with Crippen molar-refractivity contribution in [2.45, 2.75) is 17.9 Å². The average molecular weight is 469 g/mol. The number of nitrogens with two attached hydrogens (primary N) is 1. The molecule has 0 bridgehead atoms. The van der Waals surface area contributed by atoms with Crippen LogP contribution in [0.5, 0.6) is 17.5 Å². The number of halogens is 2. The first-order chi connectivity index (χ1) is 14.2. The molecule has 0 saturated carbocycles. The minimum atomic E-state index is -4.09. The van der Waals surface area contributed by atoms with Crippen LogP contribution < -0.4 is 19.9 Å². The molecular weight excluding hydrogens is 451 g/mol. The summed E-state index contributed by atoms with van der Waals surface area (Å²) in [5.41, 5.74) is 6.78. The Morgan fingerprint density at radius 1 is 1.13 bits per heavy atom. The molecular formula is C19H18Cl2N4O4S. The second-order valence-electron chi connectivity index (χ2n) is 6.18. The molecule has 1 atom stereocenters. The maximum Gasteiger partial charge on any atom is 0.264 e. The van der Waals surface area contributed by atoms with Crippen LogP contribution in [0.25, 0.3) is 0 Å². The lowest BCUT2D eigenvalue weighted by Gasteiger charge is -2.13. The highest BCUT2D eigenvalue weighted by atomic mass is 35.5. The van der Waals surface area contributed by atoms with E-state index >= 15 is 0 Å². The Kier molecular flexibility index (Phi) is 6.67. The van der Waals surface area contributed by atoms with Gasteiger partial charge in [0, 0.05) is 6.04 Å². The lowest BCUT2D eigenvalue weighted by molar-refractivity contribution is 0.382. The number of sulfonamides is 1. The minimum Gasteiger partial charge on any atom is -0.478 e. The molecule has 0 radical (unpaired) electrons. The summed E-state index contributed by atoms with van der Waals surface area (Å²) >= 11 is 11.9. The molecule has 1 heterocycles. The number of nitrogens with one attached hydrogen (secondary N) is 1. The van der Waals surface area contributed by atoms with Crippen LogP contribution in [0.4, 0.5) is 5.82 Å². The van der Waals surface area contributed by atoms with E-state index in [-0.39, 0.29) is 38.6 Å². The molecule has 158 valence electrons. The molecule has 1 aromatic heterocycles. The molecule has 0 aliphatic heterocycles. The summed E-state index contributed by atoms with van der Waals surface area (Å²) in [5, 5.41) is 0.00479. The molecule has 30 heavy (non-hydrogen) atoms. The second-order valence-corrected chi connectivity index (χ2v) is 8.62. The van der Waals surface area contributed by atoms with Crippen LogP contribution in [0.1, 0.15) is 18.5 Å². The molecule has 0 aliphatic rings. The van der Waals surface area contributed by atoms with Crippen molar-refractivity contribution in [2.75, 3.05) is 11.8 Å². The van der Waals surface area contributed by atoms with Crippen LogP contribution in [0.15, 0.2) is 53.6 Å². The van der Waals surface area contributed by atoms with Crippen molar-refractivity contribution in [1.82, 2.24) is 9.97 Å². The number of rotatable bonds is 7. The first-order valence-corrected chi connectivity index (χ1v) is 10.9. The largest absolute Gasteiger partial charge is 0.478 e. The third-order valence-corrected chi connectivity index (χ3v) is 6.29. The smallest absolute Gasteiger partial charge is 0.264 e. The Morgan fingerprint density at radius 3 is 2.47 bits per heavy atom. The first-order valence-electron chi connectivity index (χ1n) is 8.62. The monoisotopic (exact) mass is 468 g/mol. The highest BCUT2D eigenvalue weighted by Crippen LogP contribution is 2.32. The summed E-state index contributed by atoms with van der Waals surface area (Å²) in [6.07, 6.45) is 1.26. The summed E-state index contributed by atoms with van der Waals surface area (Å²) in [6.45, 7) is 1.88. The number of benzene rings is 2. The van der Waals surface area contributed by atoms with Gasteiger partial charge in [-0.3, -0.25) is 4.72 Å². The first kappa shape index (κ1) is 22.1. The fourth-order valence-electron chi connectivity index (χ4n) is 2.45.